The summed E-state index contributed by atoms with van der Waals surface area (Å²) in [5.74, 6) is -1.73. The first kappa shape index (κ1) is 13.1. The summed E-state index contributed by atoms with van der Waals surface area (Å²) >= 11 is 0. The van der Waals surface area contributed by atoms with Gasteiger partial charge in [-0.15, -0.1) is 0 Å². The number of H-pyrrole nitrogens is 1. The number of nitrogens with one attached hydrogen (secondary N) is 2. The third kappa shape index (κ3) is 2.90. The molecule has 0 spiro atoms. The van der Waals surface area contributed by atoms with Gasteiger partial charge in [-0.3, -0.25) is 9.59 Å². The molecule has 0 aliphatic carbocycles. The molecule has 3 N–H and O–H groups in total. The van der Waals surface area contributed by atoms with Crippen molar-refractivity contribution >= 4 is 22.9 Å². The minimum atomic E-state index is -0.896. The molecule has 1 amide bonds. The zero-order valence-corrected chi connectivity index (χ0v) is 10.5. The van der Waals surface area contributed by atoms with Gasteiger partial charge < -0.3 is 15.4 Å². The number of amides is 1. The van der Waals surface area contributed by atoms with Crippen LogP contribution in [0.4, 0.5) is 0 Å². The summed E-state index contributed by atoms with van der Waals surface area (Å²) in [6.45, 7) is 1.91. The molecule has 0 aliphatic rings. The molecule has 1 aromatic heterocycles. The van der Waals surface area contributed by atoms with Crippen LogP contribution in [0.25, 0.3) is 11.0 Å². The topological polar surface area (TPSA) is 95.1 Å². The lowest BCUT2D eigenvalue weighted by atomic mass is 10.1. The van der Waals surface area contributed by atoms with E-state index in [-0.39, 0.29) is 12.5 Å². The van der Waals surface area contributed by atoms with E-state index in [1.54, 1.807) is 31.5 Å². The van der Waals surface area contributed by atoms with Gasteiger partial charge in [-0.2, -0.15) is 0 Å². The highest BCUT2D eigenvalue weighted by atomic mass is 16.4. The third-order valence-corrected chi connectivity index (χ3v) is 3.03. The standard InChI is InChI=1S/C13H15N3O3/c1-2-8(13(18)19)6-14-12(17)9-3-4-10-11(5-9)16-7-15-10/h3-5,7-8H,2,6H2,1H3,(H,14,17)(H,15,16)(H,18,19). The number of hydrogen-bond donors (Lipinski definition) is 3. The summed E-state index contributed by atoms with van der Waals surface area (Å²) in [6, 6.07) is 5.11. The number of aromatic amines is 1. The van der Waals surface area contributed by atoms with Crippen LogP contribution >= 0.6 is 0 Å². The van der Waals surface area contributed by atoms with E-state index >= 15 is 0 Å². The number of carbonyl (C=O) groups excluding carboxylic acids is 1. The van der Waals surface area contributed by atoms with Crippen molar-refractivity contribution in [1.29, 1.82) is 0 Å². The van der Waals surface area contributed by atoms with E-state index in [4.69, 9.17) is 5.11 Å². The number of carbonyl (C=O) groups is 2. The van der Waals surface area contributed by atoms with E-state index in [9.17, 15) is 9.59 Å². The van der Waals surface area contributed by atoms with Gasteiger partial charge in [-0.05, 0) is 24.6 Å². The fourth-order valence-corrected chi connectivity index (χ4v) is 1.80. The fourth-order valence-electron chi connectivity index (χ4n) is 1.80. The van der Waals surface area contributed by atoms with Gasteiger partial charge in [0.2, 0.25) is 0 Å². The molecule has 2 rings (SSSR count). The molecular formula is C13H15N3O3. The number of nitrogens with zero attached hydrogens (tertiary/aromatic N) is 1. The van der Waals surface area contributed by atoms with Crippen molar-refractivity contribution < 1.29 is 14.7 Å². The first-order valence-electron chi connectivity index (χ1n) is 6.06. The average molecular weight is 261 g/mol. The van der Waals surface area contributed by atoms with Gasteiger partial charge in [-0.1, -0.05) is 6.92 Å². The second-order valence-corrected chi connectivity index (χ2v) is 4.29. The summed E-state index contributed by atoms with van der Waals surface area (Å²) in [6.07, 6.45) is 2.04. The molecule has 1 heterocycles. The van der Waals surface area contributed by atoms with E-state index in [1.807, 2.05) is 0 Å². The van der Waals surface area contributed by atoms with E-state index < -0.39 is 11.9 Å². The van der Waals surface area contributed by atoms with Gasteiger partial charge in [0.05, 0.1) is 23.3 Å². The van der Waals surface area contributed by atoms with Crippen molar-refractivity contribution in [2.24, 2.45) is 5.92 Å². The highest BCUT2D eigenvalue weighted by Crippen LogP contribution is 2.11. The van der Waals surface area contributed by atoms with Gasteiger partial charge in [0, 0.05) is 12.1 Å². The lowest BCUT2D eigenvalue weighted by molar-refractivity contribution is -0.141. The molecule has 0 radical (unpaired) electrons. The van der Waals surface area contributed by atoms with Crippen molar-refractivity contribution in [1.82, 2.24) is 15.3 Å². The van der Waals surface area contributed by atoms with Crippen molar-refractivity contribution in [3.05, 3.63) is 30.1 Å². The Balaban J connectivity index is 2.05. The normalized spacial score (nSPS) is 12.3. The Kier molecular flexibility index (Phi) is 3.79. The largest absolute Gasteiger partial charge is 0.481 e. The lowest BCUT2D eigenvalue weighted by Gasteiger charge is -2.11. The van der Waals surface area contributed by atoms with E-state index in [2.05, 4.69) is 15.3 Å². The molecule has 2 aromatic rings. The molecule has 0 fully saturated rings. The maximum absolute atomic E-state index is 11.9. The summed E-state index contributed by atoms with van der Waals surface area (Å²) in [7, 11) is 0. The SMILES string of the molecule is CCC(CNC(=O)c1ccc2nc[nH]c2c1)C(=O)O. The van der Waals surface area contributed by atoms with Crippen LogP contribution in [-0.2, 0) is 4.79 Å². The molecule has 19 heavy (non-hydrogen) atoms. The third-order valence-electron chi connectivity index (χ3n) is 3.03. The Bertz CT molecular complexity index is 606. The Morgan fingerprint density at radius 1 is 1.47 bits per heavy atom. The number of benzene rings is 1. The Morgan fingerprint density at radius 3 is 2.95 bits per heavy atom. The maximum atomic E-state index is 11.9. The second-order valence-electron chi connectivity index (χ2n) is 4.29. The van der Waals surface area contributed by atoms with Crippen LogP contribution in [0, 0.1) is 5.92 Å². The first-order valence-corrected chi connectivity index (χ1v) is 6.06. The van der Waals surface area contributed by atoms with Crippen molar-refractivity contribution in [2.45, 2.75) is 13.3 Å². The van der Waals surface area contributed by atoms with Crippen LogP contribution in [0.1, 0.15) is 23.7 Å². The predicted molar refractivity (Wildman–Crippen MR) is 69.8 cm³/mol. The molecule has 0 saturated heterocycles. The number of imidazole rings is 1. The number of fused-ring (bicyclic) bond motifs is 1. The van der Waals surface area contributed by atoms with Gasteiger partial charge in [-0.25, -0.2) is 4.98 Å². The molecule has 0 bridgehead atoms. The Labute approximate surface area is 109 Å². The van der Waals surface area contributed by atoms with Gasteiger partial charge in [0.25, 0.3) is 5.91 Å². The lowest BCUT2D eigenvalue weighted by Crippen LogP contribution is -2.32. The number of aromatic nitrogens is 2. The van der Waals surface area contributed by atoms with Crippen molar-refractivity contribution in [3.8, 4) is 0 Å². The number of aliphatic carboxylic acids is 1. The van der Waals surface area contributed by atoms with Crippen molar-refractivity contribution in [2.75, 3.05) is 6.54 Å². The molecule has 0 saturated carbocycles. The van der Waals surface area contributed by atoms with Crippen molar-refractivity contribution in [3.63, 3.8) is 0 Å². The van der Waals surface area contributed by atoms with Gasteiger partial charge >= 0.3 is 5.97 Å². The Hall–Kier alpha value is -2.37. The molecule has 1 atom stereocenters. The molecule has 6 heteroatoms. The quantitative estimate of drug-likeness (QED) is 0.758. The molecular weight excluding hydrogens is 246 g/mol. The van der Waals surface area contributed by atoms with Crippen LogP contribution in [0.5, 0.6) is 0 Å². The van der Waals surface area contributed by atoms with E-state index in [0.29, 0.717) is 12.0 Å². The summed E-state index contributed by atoms with van der Waals surface area (Å²) in [5.41, 5.74) is 2.04. The molecule has 0 aliphatic heterocycles. The average Bonchev–Trinajstić information content (AvgIpc) is 2.85. The van der Waals surface area contributed by atoms with E-state index in [0.717, 1.165) is 11.0 Å². The monoisotopic (exact) mass is 261 g/mol. The van der Waals surface area contributed by atoms with E-state index in [1.165, 1.54) is 0 Å². The van der Waals surface area contributed by atoms with Gasteiger partial charge in [0.1, 0.15) is 0 Å². The Morgan fingerprint density at radius 2 is 2.26 bits per heavy atom. The first-order chi connectivity index (χ1) is 9.11. The van der Waals surface area contributed by atoms with Crippen LogP contribution in [0.15, 0.2) is 24.5 Å². The second kappa shape index (κ2) is 5.51. The van der Waals surface area contributed by atoms with Crippen LogP contribution < -0.4 is 5.32 Å². The highest BCUT2D eigenvalue weighted by molar-refractivity contribution is 5.97. The number of rotatable bonds is 5. The number of hydrogen-bond acceptors (Lipinski definition) is 3. The smallest absolute Gasteiger partial charge is 0.308 e. The summed E-state index contributed by atoms with van der Waals surface area (Å²) in [5, 5.41) is 11.5. The zero-order valence-electron chi connectivity index (χ0n) is 10.5. The van der Waals surface area contributed by atoms with Crippen LogP contribution in [0.3, 0.4) is 0 Å². The molecule has 100 valence electrons. The zero-order chi connectivity index (χ0) is 13.8. The minimum absolute atomic E-state index is 0.131. The van der Waals surface area contributed by atoms with Crippen LogP contribution in [0.2, 0.25) is 0 Å². The number of carboxylic acids is 1. The molecule has 6 nitrogen and oxygen atoms in total. The molecule has 1 aromatic carbocycles. The number of carboxylic acid groups (broad SMARTS) is 1. The predicted octanol–water partition coefficient (Wildman–Crippen LogP) is 1.40. The maximum Gasteiger partial charge on any atom is 0.308 e. The minimum Gasteiger partial charge on any atom is -0.481 e. The summed E-state index contributed by atoms with van der Waals surface area (Å²) < 4.78 is 0. The van der Waals surface area contributed by atoms with Gasteiger partial charge in [0.15, 0.2) is 0 Å². The highest BCUT2D eigenvalue weighted by Gasteiger charge is 2.16. The fraction of sp³-hybridized carbons (Fsp3) is 0.308. The molecule has 1 unspecified atom stereocenters. The summed E-state index contributed by atoms with van der Waals surface area (Å²) in [4.78, 5) is 29.8. The van der Waals surface area contributed by atoms with Crippen LogP contribution in [-0.4, -0.2) is 33.5 Å².